The molecule has 70 valence electrons. The Morgan fingerprint density at radius 2 is 1.83 bits per heavy atom. The highest BCUT2D eigenvalue weighted by Gasteiger charge is 2.03. The van der Waals surface area contributed by atoms with Crippen LogP contribution in [0.3, 0.4) is 0 Å². The molecule has 1 nitrogen and oxygen atoms in total. The summed E-state index contributed by atoms with van der Waals surface area (Å²) in [4.78, 5) is 0. The predicted octanol–water partition coefficient (Wildman–Crippen LogP) is 2.57. The summed E-state index contributed by atoms with van der Waals surface area (Å²) in [6.45, 7) is 5.43. The Morgan fingerprint density at radius 1 is 1.25 bits per heavy atom. The second-order valence-corrected chi connectivity index (χ2v) is 3.18. The van der Waals surface area contributed by atoms with E-state index in [1.54, 1.807) is 0 Å². The number of hydrogen-bond acceptors (Lipinski definition) is 1. The van der Waals surface area contributed by atoms with Crippen LogP contribution in [0.25, 0.3) is 0 Å². The molecular formula is C11H21N. The Kier molecular flexibility index (Phi) is 8.27. The first-order valence-corrected chi connectivity index (χ1v) is 5.02. The summed E-state index contributed by atoms with van der Waals surface area (Å²) >= 11 is 0. The van der Waals surface area contributed by atoms with Crippen LogP contribution in [0.5, 0.6) is 0 Å². The normalized spacial score (nSPS) is 10.2. The van der Waals surface area contributed by atoms with Gasteiger partial charge in [0.15, 0.2) is 0 Å². The molecule has 0 spiro atoms. The van der Waals surface area contributed by atoms with E-state index >= 15 is 0 Å². The van der Waals surface area contributed by atoms with Gasteiger partial charge in [-0.15, -0.1) is 12.3 Å². The van der Waals surface area contributed by atoms with Crippen LogP contribution >= 0.6 is 0 Å². The van der Waals surface area contributed by atoms with Crippen LogP contribution in [0, 0.1) is 12.3 Å². The number of hydrogen-bond donors (Lipinski definition) is 1. The van der Waals surface area contributed by atoms with Gasteiger partial charge in [0.1, 0.15) is 0 Å². The molecule has 0 amide bonds. The minimum atomic E-state index is 0.688. The van der Waals surface area contributed by atoms with Gasteiger partial charge in [0, 0.05) is 19.0 Å². The summed E-state index contributed by atoms with van der Waals surface area (Å²) in [5, 5.41) is 3.48. The van der Waals surface area contributed by atoms with Crippen LogP contribution in [-0.2, 0) is 0 Å². The summed E-state index contributed by atoms with van der Waals surface area (Å²) < 4.78 is 0. The number of rotatable bonds is 7. The largest absolute Gasteiger partial charge is 0.313 e. The average molecular weight is 167 g/mol. The predicted molar refractivity (Wildman–Crippen MR) is 55.1 cm³/mol. The Hall–Kier alpha value is -0.480. The lowest BCUT2D eigenvalue weighted by atomic mass is 10.1. The van der Waals surface area contributed by atoms with E-state index in [2.05, 4.69) is 25.1 Å². The van der Waals surface area contributed by atoms with Crippen LogP contribution < -0.4 is 5.32 Å². The van der Waals surface area contributed by atoms with Crippen molar-refractivity contribution in [3.8, 4) is 12.3 Å². The molecule has 0 unspecified atom stereocenters. The Balaban J connectivity index is 3.42. The van der Waals surface area contributed by atoms with E-state index in [1.807, 2.05) is 0 Å². The van der Waals surface area contributed by atoms with E-state index < -0.39 is 0 Å². The smallest absolute Gasteiger partial charge is 0.0211 e. The first-order valence-electron chi connectivity index (χ1n) is 5.02. The van der Waals surface area contributed by atoms with Gasteiger partial charge in [-0.3, -0.25) is 0 Å². The molecule has 0 atom stereocenters. The van der Waals surface area contributed by atoms with Gasteiger partial charge in [-0.05, 0) is 12.8 Å². The standard InChI is InChI=1S/C11H21N/c1-4-7-10-12-11(8-5-2)9-6-3/h1,11-12H,5-10H2,2-3H3. The summed E-state index contributed by atoms with van der Waals surface area (Å²) in [5.74, 6) is 2.64. The van der Waals surface area contributed by atoms with Crippen molar-refractivity contribution in [2.24, 2.45) is 0 Å². The minimum Gasteiger partial charge on any atom is -0.313 e. The summed E-state index contributed by atoms with van der Waals surface area (Å²) in [7, 11) is 0. The maximum Gasteiger partial charge on any atom is 0.0211 e. The molecule has 0 rings (SSSR count). The Labute approximate surface area is 76.9 Å². The van der Waals surface area contributed by atoms with E-state index in [-0.39, 0.29) is 0 Å². The van der Waals surface area contributed by atoms with E-state index in [9.17, 15) is 0 Å². The lowest BCUT2D eigenvalue weighted by Gasteiger charge is -2.16. The lowest BCUT2D eigenvalue weighted by molar-refractivity contribution is 0.450. The van der Waals surface area contributed by atoms with Crippen LogP contribution in [0.1, 0.15) is 46.0 Å². The van der Waals surface area contributed by atoms with Gasteiger partial charge in [0.2, 0.25) is 0 Å². The maximum atomic E-state index is 5.17. The van der Waals surface area contributed by atoms with E-state index in [4.69, 9.17) is 6.42 Å². The third kappa shape index (κ3) is 6.24. The number of terminal acetylenes is 1. The fraction of sp³-hybridized carbons (Fsp3) is 0.818. The van der Waals surface area contributed by atoms with Crippen LogP contribution in [0.15, 0.2) is 0 Å². The second kappa shape index (κ2) is 8.62. The molecule has 1 N–H and O–H groups in total. The quantitative estimate of drug-likeness (QED) is 0.454. The highest BCUT2D eigenvalue weighted by atomic mass is 14.9. The third-order valence-electron chi connectivity index (χ3n) is 1.98. The van der Waals surface area contributed by atoms with Gasteiger partial charge in [0.05, 0.1) is 0 Å². The summed E-state index contributed by atoms with van der Waals surface area (Å²) in [5.41, 5.74) is 0. The lowest BCUT2D eigenvalue weighted by Crippen LogP contribution is -2.29. The molecule has 0 aliphatic heterocycles. The molecule has 0 aromatic heterocycles. The highest BCUT2D eigenvalue weighted by Crippen LogP contribution is 2.03. The van der Waals surface area contributed by atoms with E-state index in [0.717, 1.165) is 13.0 Å². The van der Waals surface area contributed by atoms with E-state index in [1.165, 1.54) is 25.7 Å². The highest BCUT2D eigenvalue weighted by molar-refractivity contribution is 4.84. The van der Waals surface area contributed by atoms with Crippen molar-refractivity contribution in [3.63, 3.8) is 0 Å². The molecule has 0 aromatic carbocycles. The fourth-order valence-electron chi connectivity index (χ4n) is 1.39. The zero-order valence-electron chi connectivity index (χ0n) is 8.40. The van der Waals surface area contributed by atoms with Crippen molar-refractivity contribution in [3.05, 3.63) is 0 Å². The molecule has 0 bridgehead atoms. The van der Waals surface area contributed by atoms with E-state index in [0.29, 0.717) is 6.04 Å². The first kappa shape index (κ1) is 11.5. The topological polar surface area (TPSA) is 12.0 Å². The fourth-order valence-corrected chi connectivity index (χ4v) is 1.39. The second-order valence-electron chi connectivity index (χ2n) is 3.18. The van der Waals surface area contributed by atoms with Gasteiger partial charge in [-0.25, -0.2) is 0 Å². The summed E-state index contributed by atoms with van der Waals surface area (Å²) in [6.07, 6.45) is 11.1. The van der Waals surface area contributed by atoms with Crippen LogP contribution in [0.2, 0.25) is 0 Å². The molecule has 12 heavy (non-hydrogen) atoms. The first-order chi connectivity index (χ1) is 5.85. The van der Waals surface area contributed by atoms with Crippen LogP contribution in [0.4, 0.5) is 0 Å². The molecule has 0 aliphatic rings. The number of nitrogens with one attached hydrogen (secondary N) is 1. The maximum absolute atomic E-state index is 5.17. The molecule has 0 radical (unpaired) electrons. The minimum absolute atomic E-state index is 0.688. The van der Waals surface area contributed by atoms with Crippen molar-refractivity contribution >= 4 is 0 Å². The van der Waals surface area contributed by atoms with Gasteiger partial charge >= 0.3 is 0 Å². The van der Waals surface area contributed by atoms with Gasteiger partial charge in [0.25, 0.3) is 0 Å². The van der Waals surface area contributed by atoms with Crippen molar-refractivity contribution in [1.82, 2.24) is 5.32 Å². The average Bonchev–Trinajstić information content (AvgIpc) is 2.06. The molecule has 0 aliphatic carbocycles. The Bertz CT molecular complexity index is 117. The summed E-state index contributed by atoms with van der Waals surface area (Å²) in [6, 6.07) is 0.688. The zero-order chi connectivity index (χ0) is 9.23. The molecular weight excluding hydrogens is 146 g/mol. The molecule has 0 saturated carbocycles. The van der Waals surface area contributed by atoms with Crippen molar-refractivity contribution in [2.75, 3.05) is 6.54 Å². The van der Waals surface area contributed by atoms with Gasteiger partial charge < -0.3 is 5.32 Å². The van der Waals surface area contributed by atoms with Crippen molar-refractivity contribution in [2.45, 2.75) is 52.0 Å². The zero-order valence-corrected chi connectivity index (χ0v) is 8.40. The third-order valence-corrected chi connectivity index (χ3v) is 1.98. The molecule has 0 saturated heterocycles. The van der Waals surface area contributed by atoms with Crippen molar-refractivity contribution in [1.29, 1.82) is 0 Å². The Morgan fingerprint density at radius 3 is 2.25 bits per heavy atom. The SMILES string of the molecule is C#CCCNC(CCC)CCC. The van der Waals surface area contributed by atoms with Crippen LogP contribution in [-0.4, -0.2) is 12.6 Å². The van der Waals surface area contributed by atoms with Gasteiger partial charge in [-0.1, -0.05) is 26.7 Å². The monoisotopic (exact) mass is 167 g/mol. The molecule has 1 heteroatoms. The molecule has 0 heterocycles. The molecule has 0 aromatic rings. The van der Waals surface area contributed by atoms with Crippen molar-refractivity contribution < 1.29 is 0 Å². The molecule has 0 fully saturated rings. The van der Waals surface area contributed by atoms with Gasteiger partial charge in [-0.2, -0.15) is 0 Å².